The number of methoxy groups -OCH3 is 3. The number of imidazole rings is 3. The number of rotatable bonds is 31. The van der Waals surface area contributed by atoms with Crippen molar-refractivity contribution in [3.63, 3.8) is 0 Å². The van der Waals surface area contributed by atoms with Crippen LogP contribution in [0.5, 0.6) is 40.2 Å². The lowest BCUT2D eigenvalue weighted by atomic mass is 9.96. The van der Waals surface area contributed by atoms with Crippen molar-refractivity contribution in [2.24, 2.45) is 0 Å². The summed E-state index contributed by atoms with van der Waals surface area (Å²) in [6.45, 7) is 8.57. The van der Waals surface area contributed by atoms with Crippen LogP contribution in [0, 0.1) is 6.92 Å². The molecule has 3 unspecified atom stereocenters. The van der Waals surface area contributed by atoms with E-state index in [9.17, 15) is 39.6 Å². The van der Waals surface area contributed by atoms with Gasteiger partial charge in [0, 0.05) is 72.5 Å². The molecule has 6 heterocycles. The van der Waals surface area contributed by atoms with Crippen molar-refractivity contribution in [1.29, 1.82) is 0 Å². The lowest BCUT2D eigenvalue weighted by Gasteiger charge is -2.21. The smallest absolute Gasteiger partial charge is 0.328 e. The van der Waals surface area contributed by atoms with Crippen LogP contribution in [0.25, 0.3) is 66.9 Å². The topological polar surface area (TPSA) is 319 Å². The highest BCUT2D eigenvalue weighted by molar-refractivity contribution is 7.91. The first-order valence-corrected chi connectivity index (χ1v) is 40.2. The Bertz CT molecular complexity index is 5820. The van der Waals surface area contributed by atoms with Gasteiger partial charge in [-0.25, -0.2) is 54.6 Å². The Labute approximate surface area is 606 Å². The largest absolute Gasteiger partial charge is 0.493 e. The summed E-state index contributed by atoms with van der Waals surface area (Å²) >= 11 is 0. The van der Waals surface area contributed by atoms with Gasteiger partial charge in [0.1, 0.15) is 35.3 Å². The minimum Gasteiger partial charge on any atom is -0.493 e. The molecule has 12 rings (SSSR count). The van der Waals surface area contributed by atoms with E-state index in [2.05, 4.69) is 21.9 Å². The SMILES string of the molecule is CCOc1cc(C(CS(C)(=O)=O)n2c(=O)[nH]c3cc(-c4cccc(CCOc5cc(C(CS(C)(=O)=O)n6c(=O)[nH]c7cc(-c8cccc(CCOc9cc(C(CS(C)(=O)=O)n%10c(=O)[nH]c%11cc(-c%12ccccc%12CC)cnc%11%10)ccc9OC)c8OCC)cnc76)ccc5OC)c4C)cnc32)ccc1OC. The minimum atomic E-state index is -3.77. The highest BCUT2D eigenvalue weighted by Crippen LogP contribution is 2.40. The molecule has 25 nitrogen and oxygen atoms in total. The first-order chi connectivity index (χ1) is 50.3. The number of benzene rings is 6. The molecule has 548 valence electrons. The van der Waals surface area contributed by atoms with Crippen LogP contribution in [0.3, 0.4) is 0 Å². The Hall–Kier alpha value is -11.0. The van der Waals surface area contributed by atoms with E-state index in [0.717, 1.165) is 64.1 Å². The Morgan fingerprint density at radius 3 is 1.18 bits per heavy atom. The molecule has 0 aliphatic heterocycles. The van der Waals surface area contributed by atoms with Crippen LogP contribution in [-0.4, -0.2) is 153 Å². The number of hydrogen-bond donors (Lipinski definition) is 3. The van der Waals surface area contributed by atoms with E-state index in [1.54, 1.807) is 85.3 Å². The van der Waals surface area contributed by atoms with Gasteiger partial charge in [-0.15, -0.1) is 0 Å². The van der Waals surface area contributed by atoms with E-state index in [-0.39, 0.29) is 36.8 Å². The number of para-hydroxylation sites is 1. The number of fused-ring (bicyclic) bond motifs is 3. The third kappa shape index (κ3) is 16.1. The second-order valence-electron chi connectivity index (χ2n) is 25.7. The molecule has 28 heteroatoms. The molecule has 0 bridgehead atoms. The van der Waals surface area contributed by atoms with Gasteiger partial charge in [-0.1, -0.05) is 85.8 Å². The number of hydrogen-bond acceptors (Lipinski definition) is 19. The number of aromatic amines is 3. The van der Waals surface area contributed by atoms with Crippen molar-refractivity contribution >= 4 is 63.0 Å². The summed E-state index contributed by atoms with van der Waals surface area (Å²) in [6.07, 6.45) is 9.77. The summed E-state index contributed by atoms with van der Waals surface area (Å²) in [4.78, 5) is 65.2. The van der Waals surface area contributed by atoms with Gasteiger partial charge in [-0.2, -0.15) is 0 Å². The number of nitrogens with one attached hydrogen (secondary N) is 3. The number of H-pyrrole nitrogens is 3. The van der Waals surface area contributed by atoms with Gasteiger partial charge >= 0.3 is 17.1 Å². The van der Waals surface area contributed by atoms with Crippen molar-refractivity contribution in [3.05, 3.63) is 222 Å². The zero-order valence-corrected chi connectivity index (χ0v) is 62.1. The molecule has 3 atom stereocenters. The van der Waals surface area contributed by atoms with E-state index in [1.807, 2.05) is 87.5 Å². The third-order valence-electron chi connectivity index (χ3n) is 18.4. The van der Waals surface area contributed by atoms with Crippen molar-refractivity contribution in [3.8, 4) is 73.6 Å². The fraction of sp³-hybridized carbons (Fsp3) is 0.299. The molecule has 0 saturated carbocycles. The average Bonchev–Trinajstić information content (AvgIpc) is 1.55. The van der Waals surface area contributed by atoms with Gasteiger partial charge in [-0.3, -0.25) is 13.7 Å². The molecule has 0 aliphatic rings. The minimum absolute atomic E-state index is 0.0992. The number of ether oxygens (including phenoxy) is 7. The molecule has 0 amide bonds. The molecule has 3 N–H and O–H groups in total. The third-order valence-corrected chi connectivity index (χ3v) is 21.2. The van der Waals surface area contributed by atoms with Gasteiger partial charge < -0.3 is 48.1 Å². The zero-order valence-electron chi connectivity index (χ0n) is 59.7. The standard InChI is InChI=1S/C77H81N9O16S3/c1-11-47-18-14-15-21-57(47)54-35-60-73(79-41-54)85(76(88)82-60)63(44-104(9,92)93)52-26-29-67(98-7)70(39-52)102-33-31-49-20-17-23-58(71(49)100-13-3)55-36-61-74(80-42-55)86(77(89)83-61)64(45-105(10,94)95)51-25-28-66(97-6)69(38-51)101-32-30-48-19-16-22-56(46(48)4)53-34-59-72(78-40-53)84(75(87)81-59)62(43-103(8,90)91)50-24-27-65(96-5)68(37-50)99-12-2/h14-29,34-42,62-64H,11-13,30-33,43-45H2,1-10H3,(H,81,87)(H,82,88)(H,83,89). The van der Waals surface area contributed by atoms with Gasteiger partial charge in [0.15, 0.2) is 51.4 Å². The predicted octanol–water partition coefficient (Wildman–Crippen LogP) is 10.6. The second-order valence-corrected chi connectivity index (χ2v) is 32.3. The van der Waals surface area contributed by atoms with Crippen LogP contribution in [0.1, 0.15) is 77.8 Å². The molecule has 0 fully saturated rings. The summed E-state index contributed by atoms with van der Waals surface area (Å²) in [7, 11) is -6.61. The molecule has 12 aromatic rings. The molecule has 6 aromatic heterocycles. The van der Waals surface area contributed by atoms with Gasteiger partial charge in [0.2, 0.25) is 0 Å². The number of nitrogens with zero attached hydrogens (tertiary/aromatic N) is 6. The maximum Gasteiger partial charge on any atom is 0.328 e. The molecule has 6 aromatic carbocycles. The zero-order chi connectivity index (χ0) is 74.6. The van der Waals surface area contributed by atoms with Crippen LogP contribution in [-0.2, 0) is 48.8 Å². The molecular weight excluding hydrogens is 1400 g/mol. The number of aryl methyl sites for hydroxylation is 1. The van der Waals surface area contributed by atoms with E-state index in [4.69, 9.17) is 48.1 Å². The van der Waals surface area contributed by atoms with Gasteiger partial charge in [0.05, 0.1) is 99.7 Å². The lowest BCUT2D eigenvalue weighted by molar-refractivity contribution is 0.292. The van der Waals surface area contributed by atoms with Crippen molar-refractivity contribution in [1.82, 2.24) is 43.6 Å². The van der Waals surface area contributed by atoms with Gasteiger partial charge in [0.25, 0.3) is 0 Å². The number of sulfone groups is 3. The Balaban J connectivity index is 0.774. The molecule has 0 radical (unpaired) electrons. The van der Waals surface area contributed by atoms with Crippen molar-refractivity contribution < 1.29 is 58.4 Å². The first-order valence-electron chi connectivity index (χ1n) is 34.0. The summed E-state index contributed by atoms with van der Waals surface area (Å²) in [5, 5.41) is 0. The molecule has 0 spiro atoms. The normalized spacial score (nSPS) is 12.9. The van der Waals surface area contributed by atoms with Crippen LogP contribution in [0.15, 0.2) is 166 Å². The maximum absolute atomic E-state index is 14.3. The number of pyridine rings is 3. The quantitative estimate of drug-likeness (QED) is 0.0363. The van der Waals surface area contributed by atoms with E-state index in [0.29, 0.717) is 110 Å². The molecule has 105 heavy (non-hydrogen) atoms. The van der Waals surface area contributed by atoms with E-state index >= 15 is 0 Å². The molecular formula is C77H81N9O16S3. The maximum atomic E-state index is 14.3. The average molecular weight is 1480 g/mol. The fourth-order valence-electron chi connectivity index (χ4n) is 13.6. The summed E-state index contributed by atoms with van der Waals surface area (Å²) in [5.74, 6) is 1.43. The molecule has 0 aliphatic carbocycles. The van der Waals surface area contributed by atoms with Crippen LogP contribution in [0.2, 0.25) is 0 Å². The predicted molar refractivity (Wildman–Crippen MR) is 405 cm³/mol. The first kappa shape index (κ1) is 73.8. The summed E-state index contributed by atoms with van der Waals surface area (Å²) in [5.41, 5.74) is 9.88. The summed E-state index contributed by atoms with van der Waals surface area (Å²) in [6, 6.07) is 36.9. The van der Waals surface area contributed by atoms with Crippen LogP contribution < -0.4 is 50.2 Å². The monoisotopic (exact) mass is 1480 g/mol. The lowest BCUT2D eigenvalue weighted by Crippen LogP contribution is -2.28. The fourth-order valence-corrected chi connectivity index (χ4v) is 16.4. The highest BCUT2D eigenvalue weighted by atomic mass is 32.2. The van der Waals surface area contributed by atoms with E-state index in [1.165, 1.54) is 35.0 Å². The van der Waals surface area contributed by atoms with Crippen molar-refractivity contribution in [2.45, 2.75) is 65.1 Å². The molecule has 0 saturated heterocycles. The Kier molecular flexibility index (Phi) is 21.6. The Morgan fingerprint density at radius 2 is 0.771 bits per heavy atom. The van der Waals surface area contributed by atoms with E-state index < -0.39 is 82.0 Å². The van der Waals surface area contributed by atoms with Crippen LogP contribution in [0.4, 0.5) is 0 Å². The van der Waals surface area contributed by atoms with Crippen LogP contribution >= 0.6 is 0 Å². The van der Waals surface area contributed by atoms with Crippen molar-refractivity contribution in [2.75, 3.05) is 83.8 Å². The second kappa shape index (κ2) is 30.8. The Morgan fingerprint density at radius 1 is 0.410 bits per heavy atom. The van der Waals surface area contributed by atoms with Gasteiger partial charge in [-0.05, 0) is 132 Å². The highest BCUT2D eigenvalue weighted by Gasteiger charge is 2.31. The number of aromatic nitrogens is 9. The summed E-state index contributed by atoms with van der Waals surface area (Å²) < 4.78 is 125.